The number of hydrogen-bond donors (Lipinski definition) is 1. The van der Waals surface area contributed by atoms with Gasteiger partial charge in [-0.3, -0.25) is 24.5 Å². The number of hydrogen-bond acceptors (Lipinski definition) is 4. The lowest BCUT2D eigenvalue weighted by atomic mass is 9.86. The highest BCUT2D eigenvalue weighted by atomic mass is 35.5. The van der Waals surface area contributed by atoms with Crippen molar-refractivity contribution in [3.05, 3.63) is 75.8 Å². The van der Waals surface area contributed by atoms with Crippen LogP contribution in [0.25, 0.3) is 10.8 Å². The molecule has 0 aromatic heterocycles. The average Bonchev–Trinajstić information content (AvgIpc) is 2.65. The van der Waals surface area contributed by atoms with Crippen LogP contribution in [-0.2, 0) is 0 Å². The van der Waals surface area contributed by atoms with E-state index < -0.39 is 23.6 Å². The number of nitrogens with zero attached hydrogens (tertiary/aromatic N) is 1. The summed E-state index contributed by atoms with van der Waals surface area (Å²) in [5, 5.41) is 2.83. The van der Waals surface area contributed by atoms with Crippen LogP contribution in [0.4, 0.5) is 5.69 Å². The van der Waals surface area contributed by atoms with Gasteiger partial charge in [0.25, 0.3) is 23.6 Å². The molecule has 130 valence electrons. The molecule has 5 rings (SSSR count). The molecule has 0 saturated heterocycles. The summed E-state index contributed by atoms with van der Waals surface area (Å²) >= 11 is 6.34. The SMILES string of the molecule is O=C1NC(=O)c2cc(Cl)c3c4c(ccc1c24)C(=O)N(c1ccccc1)C3=O. The number of nitrogens with one attached hydrogen (secondary N) is 1. The standard InChI is InChI=1S/C20H9ClN2O4/c21-13-8-12-14-10(17(24)22-18(12)25)6-7-11-15(14)16(13)20(27)23(19(11)26)9-4-2-1-3-5-9/h1-8H,(H,22,24,25). The van der Waals surface area contributed by atoms with Gasteiger partial charge in [-0.2, -0.15) is 0 Å². The van der Waals surface area contributed by atoms with Crippen molar-refractivity contribution in [2.75, 3.05) is 4.90 Å². The summed E-state index contributed by atoms with van der Waals surface area (Å²) in [5.41, 5.74) is 1.15. The van der Waals surface area contributed by atoms with Gasteiger partial charge in [-0.15, -0.1) is 0 Å². The van der Waals surface area contributed by atoms with E-state index in [4.69, 9.17) is 11.6 Å². The first-order chi connectivity index (χ1) is 13.0. The van der Waals surface area contributed by atoms with Gasteiger partial charge in [0.2, 0.25) is 0 Å². The second-order valence-electron chi connectivity index (χ2n) is 6.26. The Labute approximate surface area is 157 Å². The summed E-state index contributed by atoms with van der Waals surface area (Å²) in [7, 11) is 0. The van der Waals surface area contributed by atoms with Crippen molar-refractivity contribution in [3.63, 3.8) is 0 Å². The van der Waals surface area contributed by atoms with E-state index in [0.29, 0.717) is 5.69 Å². The van der Waals surface area contributed by atoms with Crippen LogP contribution in [0.15, 0.2) is 48.5 Å². The van der Waals surface area contributed by atoms with Crippen LogP contribution in [0.1, 0.15) is 41.4 Å². The Morgan fingerprint density at radius 2 is 1.41 bits per heavy atom. The number of anilines is 1. The van der Waals surface area contributed by atoms with Crippen LogP contribution in [0.5, 0.6) is 0 Å². The predicted molar refractivity (Wildman–Crippen MR) is 98.3 cm³/mol. The Hall–Kier alpha value is -3.51. The third kappa shape index (κ3) is 1.96. The van der Waals surface area contributed by atoms with Gasteiger partial charge in [0, 0.05) is 27.5 Å². The molecule has 2 aliphatic rings. The Balaban J connectivity index is 1.90. The van der Waals surface area contributed by atoms with Crippen molar-refractivity contribution in [1.29, 1.82) is 0 Å². The summed E-state index contributed by atoms with van der Waals surface area (Å²) in [6.45, 7) is 0. The molecule has 2 aliphatic heterocycles. The van der Waals surface area contributed by atoms with E-state index in [0.717, 1.165) is 4.90 Å². The second-order valence-corrected chi connectivity index (χ2v) is 6.66. The zero-order valence-electron chi connectivity index (χ0n) is 13.6. The highest BCUT2D eigenvalue weighted by Crippen LogP contribution is 2.40. The van der Waals surface area contributed by atoms with Gasteiger partial charge >= 0.3 is 0 Å². The molecule has 0 fully saturated rings. The second kappa shape index (κ2) is 5.25. The van der Waals surface area contributed by atoms with Gasteiger partial charge in [0.05, 0.1) is 16.3 Å². The molecular formula is C20H9ClN2O4. The third-order valence-electron chi connectivity index (χ3n) is 4.82. The van der Waals surface area contributed by atoms with Crippen molar-refractivity contribution in [3.8, 4) is 0 Å². The highest BCUT2D eigenvalue weighted by Gasteiger charge is 2.39. The van der Waals surface area contributed by atoms with Crippen LogP contribution < -0.4 is 10.2 Å². The number of amides is 4. The van der Waals surface area contributed by atoms with Crippen molar-refractivity contribution in [2.45, 2.75) is 0 Å². The Morgan fingerprint density at radius 3 is 2.15 bits per heavy atom. The molecular weight excluding hydrogens is 368 g/mol. The van der Waals surface area contributed by atoms with Gasteiger partial charge in [-0.25, -0.2) is 4.90 Å². The number of para-hydroxylation sites is 1. The monoisotopic (exact) mass is 376 g/mol. The molecule has 7 heteroatoms. The Kier molecular flexibility index (Phi) is 3.06. The van der Waals surface area contributed by atoms with E-state index in [2.05, 4.69) is 5.32 Å². The van der Waals surface area contributed by atoms with Crippen molar-refractivity contribution >= 4 is 51.7 Å². The van der Waals surface area contributed by atoms with Crippen molar-refractivity contribution in [2.24, 2.45) is 0 Å². The van der Waals surface area contributed by atoms with Gasteiger partial charge in [-0.1, -0.05) is 29.8 Å². The first-order valence-corrected chi connectivity index (χ1v) is 8.45. The molecule has 3 aromatic carbocycles. The quantitative estimate of drug-likeness (QED) is 0.661. The number of carbonyl (C=O) groups excluding carboxylic acids is 4. The molecule has 0 saturated carbocycles. The molecule has 0 aliphatic carbocycles. The lowest BCUT2D eigenvalue weighted by molar-refractivity contribution is 0.0837. The van der Waals surface area contributed by atoms with Crippen LogP contribution >= 0.6 is 11.6 Å². The predicted octanol–water partition coefficient (Wildman–Crippen LogP) is 3.18. The molecule has 0 radical (unpaired) electrons. The molecule has 6 nitrogen and oxygen atoms in total. The molecule has 4 amide bonds. The zero-order chi connectivity index (χ0) is 18.9. The molecule has 0 bridgehead atoms. The Bertz CT molecular complexity index is 1230. The van der Waals surface area contributed by atoms with E-state index in [1.165, 1.54) is 18.2 Å². The molecule has 2 heterocycles. The maximum Gasteiger partial charge on any atom is 0.267 e. The lowest BCUT2D eigenvalue weighted by Crippen LogP contribution is -2.42. The zero-order valence-corrected chi connectivity index (χ0v) is 14.3. The maximum atomic E-state index is 13.2. The average molecular weight is 377 g/mol. The van der Waals surface area contributed by atoms with Gasteiger partial charge < -0.3 is 0 Å². The summed E-state index contributed by atoms with van der Waals surface area (Å²) in [5.74, 6) is -2.30. The number of imide groups is 2. The number of rotatable bonds is 1. The number of halogens is 1. The van der Waals surface area contributed by atoms with Crippen LogP contribution in [0.2, 0.25) is 5.02 Å². The van der Waals surface area contributed by atoms with Crippen LogP contribution in [0, 0.1) is 0 Å². The minimum Gasteiger partial charge on any atom is -0.288 e. The fourth-order valence-corrected chi connectivity index (χ4v) is 3.95. The van der Waals surface area contributed by atoms with Crippen molar-refractivity contribution in [1.82, 2.24) is 5.32 Å². The van der Waals surface area contributed by atoms with E-state index >= 15 is 0 Å². The minimum absolute atomic E-state index is 0.0545. The van der Waals surface area contributed by atoms with Gasteiger partial charge in [0.15, 0.2) is 0 Å². The highest BCUT2D eigenvalue weighted by molar-refractivity contribution is 6.45. The molecule has 0 atom stereocenters. The third-order valence-corrected chi connectivity index (χ3v) is 5.11. The summed E-state index contributed by atoms with van der Waals surface area (Å²) in [6.07, 6.45) is 0. The van der Waals surface area contributed by atoms with Crippen LogP contribution in [0.3, 0.4) is 0 Å². The fraction of sp³-hybridized carbons (Fsp3) is 0. The normalized spacial score (nSPS) is 15.4. The minimum atomic E-state index is -0.608. The summed E-state index contributed by atoms with van der Waals surface area (Å²) in [6, 6.07) is 12.8. The van der Waals surface area contributed by atoms with Crippen molar-refractivity contribution < 1.29 is 19.2 Å². The summed E-state index contributed by atoms with van der Waals surface area (Å²) < 4.78 is 0. The largest absolute Gasteiger partial charge is 0.288 e. The first-order valence-electron chi connectivity index (χ1n) is 8.08. The Morgan fingerprint density at radius 1 is 0.741 bits per heavy atom. The molecule has 1 N–H and O–H groups in total. The van der Waals surface area contributed by atoms with Gasteiger partial charge in [-0.05, 0) is 30.3 Å². The smallest absolute Gasteiger partial charge is 0.267 e. The molecule has 0 unspecified atom stereocenters. The van der Waals surface area contributed by atoms with Crippen LogP contribution in [-0.4, -0.2) is 23.6 Å². The van der Waals surface area contributed by atoms with E-state index in [-0.39, 0.29) is 38.0 Å². The fourth-order valence-electron chi connectivity index (χ4n) is 3.66. The van der Waals surface area contributed by atoms with E-state index in [9.17, 15) is 19.2 Å². The summed E-state index contributed by atoms with van der Waals surface area (Å²) in [4.78, 5) is 51.7. The number of carbonyl (C=O) groups is 4. The lowest BCUT2D eigenvalue weighted by Gasteiger charge is -2.30. The maximum absolute atomic E-state index is 13.2. The molecule has 27 heavy (non-hydrogen) atoms. The van der Waals surface area contributed by atoms with E-state index in [1.54, 1.807) is 30.3 Å². The van der Waals surface area contributed by atoms with Gasteiger partial charge in [0.1, 0.15) is 0 Å². The topological polar surface area (TPSA) is 83.6 Å². The van der Waals surface area contributed by atoms with E-state index in [1.807, 2.05) is 0 Å². The first kappa shape index (κ1) is 15.7. The molecule has 0 spiro atoms. The molecule has 3 aromatic rings. The number of benzene rings is 3.